The van der Waals surface area contributed by atoms with Crippen LogP contribution in [0, 0.1) is 0 Å². The van der Waals surface area contributed by atoms with Crippen LogP contribution in [0.3, 0.4) is 0 Å². The van der Waals surface area contributed by atoms with Crippen molar-refractivity contribution in [3.05, 3.63) is 113 Å². The Labute approximate surface area is 174 Å². The highest BCUT2D eigenvalue weighted by molar-refractivity contribution is 7.10. The first-order chi connectivity index (χ1) is 14.3. The van der Waals surface area contributed by atoms with Gasteiger partial charge in [0.05, 0.1) is 0 Å². The summed E-state index contributed by atoms with van der Waals surface area (Å²) >= 11 is 1.68. The summed E-state index contributed by atoms with van der Waals surface area (Å²) in [4.78, 5) is 14.1. The first-order valence-electron chi connectivity index (χ1n) is 9.70. The van der Waals surface area contributed by atoms with Crippen LogP contribution in [0.1, 0.15) is 34.4 Å². The van der Waals surface area contributed by atoms with Gasteiger partial charge in [-0.05, 0) is 28.6 Å². The number of hydrogen-bond donors (Lipinski definition) is 1. The number of carbonyl (C=O) groups excluding carboxylic acids is 1. The van der Waals surface area contributed by atoms with Gasteiger partial charge >= 0.3 is 0 Å². The quantitative estimate of drug-likeness (QED) is 0.458. The molecule has 1 unspecified atom stereocenters. The molecule has 5 heteroatoms. The first kappa shape index (κ1) is 19.2. The zero-order valence-corrected chi connectivity index (χ0v) is 16.8. The van der Waals surface area contributed by atoms with Crippen molar-refractivity contribution >= 4 is 17.2 Å². The van der Waals surface area contributed by atoms with Crippen LogP contribution in [0.5, 0.6) is 0 Å². The summed E-state index contributed by atoms with van der Waals surface area (Å²) in [5.41, 5.74) is 2.30. The number of amides is 1. The fourth-order valence-electron chi connectivity index (χ4n) is 3.54. The normalized spacial score (nSPS) is 12.0. The third-order valence-corrected chi connectivity index (χ3v) is 5.98. The van der Waals surface area contributed by atoms with Crippen molar-refractivity contribution in [1.82, 2.24) is 15.1 Å². The van der Waals surface area contributed by atoms with Gasteiger partial charge in [-0.15, -0.1) is 11.3 Å². The molecule has 146 valence electrons. The lowest BCUT2D eigenvalue weighted by molar-refractivity contribution is -0.121. The fraction of sp³-hybridized carbons (Fsp3) is 0.167. The molecule has 2 aromatic heterocycles. The monoisotopic (exact) mass is 401 g/mol. The van der Waals surface area contributed by atoms with E-state index >= 15 is 0 Å². The number of hydrogen-bond acceptors (Lipinski definition) is 3. The molecule has 0 aliphatic rings. The summed E-state index contributed by atoms with van der Waals surface area (Å²) in [6.07, 6.45) is 4.11. The lowest BCUT2D eigenvalue weighted by atomic mass is 9.88. The molecule has 0 bridgehead atoms. The van der Waals surface area contributed by atoms with Crippen molar-refractivity contribution in [2.75, 3.05) is 6.54 Å². The maximum absolute atomic E-state index is 12.9. The Hall–Kier alpha value is -3.18. The van der Waals surface area contributed by atoms with Crippen molar-refractivity contribution in [3.8, 4) is 0 Å². The molecule has 1 atom stereocenters. The van der Waals surface area contributed by atoms with E-state index in [2.05, 4.69) is 46.1 Å². The second-order valence-electron chi connectivity index (χ2n) is 6.90. The zero-order chi connectivity index (χ0) is 19.9. The van der Waals surface area contributed by atoms with E-state index in [4.69, 9.17) is 0 Å². The van der Waals surface area contributed by atoms with Gasteiger partial charge in [0, 0.05) is 36.2 Å². The predicted octanol–water partition coefficient (Wildman–Crippen LogP) is 4.87. The molecule has 4 rings (SSSR count). The highest BCUT2D eigenvalue weighted by atomic mass is 32.1. The number of benzene rings is 2. The van der Waals surface area contributed by atoms with Gasteiger partial charge in [-0.2, -0.15) is 5.10 Å². The first-order valence-corrected chi connectivity index (χ1v) is 10.6. The van der Waals surface area contributed by atoms with Crippen LogP contribution >= 0.6 is 11.3 Å². The third-order valence-electron chi connectivity index (χ3n) is 5.00. The van der Waals surface area contributed by atoms with Crippen molar-refractivity contribution in [2.24, 2.45) is 0 Å². The summed E-state index contributed by atoms with van der Waals surface area (Å²) in [5.74, 6) is 0.0682. The van der Waals surface area contributed by atoms with Crippen LogP contribution in [0.4, 0.5) is 0 Å². The van der Waals surface area contributed by atoms with Crippen LogP contribution in [0.25, 0.3) is 0 Å². The molecule has 1 N–H and O–H groups in total. The third kappa shape index (κ3) is 4.81. The van der Waals surface area contributed by atoms with Gasteiger partial charge in [0.2, 0.25) is 5.91 Å². The number of aromatic nitrogens is 2. The Morgan fingerprint density at radius 3 is 2.17 bits per heavy atom. The van der Waals surface area contributed by atoms with E-state index in [1.165, 1.54) is 4.88 Å². The number of nitrogens with zero attached hydrogens (tertiary/aromatic N) is 2. The van der Waals surface area contributed by atoms with Crippen molar-refractivity contribution in [3.63, 3.8) is 0 Å². The summed E-state index contributed by atoms with van der Waals surface area (Å²) < 4.78 is 1.90. The number of nitrogens with one attached hydrogen (secondary N) is 1. The predicted molar refractivity (Wildman–Crippen MR) is 117 cm³/mol. The van der Waals surface area contributed by atoms with Gasteiger partial charge in [0.15, 0.2) is 0 Å². The molecule has 4 aromatic rings. The maximum atomic E-state index is 12.9. The second-order valence-corrected chi connectivity index (χ2v) is 7.88. The molecule has 0 radical (unpaired) electrons. The van der Waals surface area contributed by atoms with Crippen LogP contribution in [-0.4, -0.2) is 22.2 Å². The smallest absolute Gasteiger partial charge is 0.221 e. The van der Waals surface area contributed by atoms with E-state index in [0.29, 0.717) is 13.0 Å². The highest BCUT2D eigenvalue weighted by Crippen LogP contribution is 2.28. The minimum atomic E-state index is 0.000788. The second kappa shape index (κ2) is 9.34. The van der Waals surface area contributed by atoms with E-state index in [1.807, 2.05) is 59.4 Å². The van der Waals surface area contributed by atoms with Crippen LogP contribution in [-0.2, 0) is 4.79 Å². The molecule has 4 nitrogen and oxygen atoms in total. The fourth-order valence-corrected chi connectivity index (χ4v) is 4.36. The lowest BCUT2D eigenvalue weighted by Crippen LogP contribution is -2.32. The Kier molecular flexibility index (Phi) is 6.17. The van der Waals surface area contributed by atoms with E-state index < -0.39 is 0 Å². The van der Waals surface area contributed by atoms with E-state index in [9.17, 15) is 4.79 Å². The van der Waals surface area contributed by atoms with Gasteiger partial charge < -0.3 is 5.32 Å². The lowest BCUT2D eigenvalue weighted by Gasteiger charge is -2.20. The largest absolute Gasteiger partial charge is 0.354 e. The van der Waals surface area contributed by atoms with Crippen LogP contribution in [0.2, 0.25) is 0 Å². The standard InChI is InChI=1S/C24H23N3OS/c28-24(25-18-22(23-13-7-16-29-23)27-15-8-14-26-27)17-21(19-9-3-1-4-10-19)20-11-5-2-6-12-20/h1-16,21-22H,17-18H2,(H,25,28). The summed E-state index contributed by atoms with van der Waals surface area (Å²) in [7, 11) is 0. The minimum Gasteiger partial charge on any atom is -0.354 e. The van der Waals surface area contributed by atoms with Gasteiger partial charge in [-0.25, -0.2) is 0 Å². The van der Waals surface area contributed by atoms with Gasteiger partial charge in [-0.1, -0.05) is 66.7 Å². The Bertz CT molecular complexity index is 925. The molecule has 0 spiro atoms. The summed E-state index contributed by atoms with van der Waals surface area (Å²) in [6, 6.07) is 26.5. The minimum absolute atomic E-state index is 0.000788. The topological polar surface area (TPSA) is 46.9 Å². The molecule has 1 amide bonds. The number of carbonyl (C=O) groups is 1. The molecule has 0 aliphatic carbocycles. The SMILES string of the molecule is O=C(CC(c1ccccc1)c1ccccc1)NCC(c1cccs1)n1cccn1. The molecule has 0 fully saturated rings. The van der Waals surface area contributed by atoms with Crippen LogP contribution < -0.4 is 5.32 Å². The molecular formula is C24H23N3OS. The molecule has 0 saturated heterocycles. The average Bonchev–Trinajstić information content (AvgIpc) is 3.48. The molecule has 0 aliphatic heterocycles. The molecule has 29 heavy (non-hydrogen) atoms. The van der Waals surface area contributed by atoms with Crippen molar-refractivity contribution in [1.29, 1.82) is 0 Å². The Morgan fingerprint density at radius 2 is 1.62 bits per heavy atom. The van der Waals surface area contributed by atoms with E-state index in [1.54, 1.807) is 17.5 Å². The Balaban J connectivity index is 1.48. The number of thiophene rings is 1. The summed E-state index contributed by atoms with van der Waals surface area (Å²) in [5, 5.41) is 9.56. The van der Waals surface area contributed by atoms with E-state index in [0.717, 1.165) is 11.1 Å². The highest BCUT2D eigenvalue weighted by Gasteiger charge is 2.20. The molecule has 0 saturated carbocycles. The molecule has 2 aromatic carbocycles. The van der Waals surface area contributed by atoms with Gasteiger partial charge in [-0.3, -0.25) is 9.48 Å². The number of rotatable bonds is 8. The molecule has 2 heterocycles. The zero-order valence-electron chi connectivity index (χ0n) is 16.0. The maximum Gasteiger partial charge on any atom is 0.221 e. The molecular weight excluding hydrogens is 378 g/mol. The van der Waals surface area contributed by atoms with E-state index in [-0.39, 0.29) is 17.9 Å². The van der Waals surface area contributed by atoms with Gasteiger partial charge in [0.25, 0.3) is 0 Å². The Morgan fingerprint density at radius 1 is 0.931 bits per heavy atom. The van der Waals surface area contributed by atoms with Crippen molar-refractivity contribution in [2.45, 2.75) is 18.4 Å². The van der Waals surface area contributed by atoms with Crippen molar-refractivity contribution < 1.29 is 4.79 Å². The van der Waals surface area contributed by atoms with Crippen LogP contribution in [0.15, 0.2) is 96.6 Å². The summed E-state index contributed by atoms with van der Waals surface area (Å²) in [6.45, 7) is 0.511. The average molecular weight is 402 g/mol. The van der Waals surface area contributed by atoms with Gasteiger partial charge in [0.1, 0.15) is 6.04 Å².